The predicted octanol–water partition coefficient (Wildman–Crippen LogP) is 4.08. The number of carbonyl (C=O) groups excluding carboxylic acids is 1. The van der Waals surface area contributed by atoms with Crippen LogP contribution in [0.25, 0.3) is 10.8 Å². The quantitative estimate of drug-likeness (QED) is 0.754. The largest absolute Gasteiger partial charge is 0.391 e. The SMILES string of the molecule is O=C1c2cc(Cc3cccnc3)c3ccccc3c2CN1C1CCCCC1O. The van der Waals surface area contributed by atoms with Crippen LogP contribution < -0.4 is 0 Å². The third-order valence-electron chi connectivity index (χ3n) is 6.27. The van der Waals surface area contributed by atoms with Crippen LogP contribution in [-0.2, 0) is 13.0 Å². The maximum absolute atomic E-state index is 13.3. The average molecular weight is 372 g/mol. The van der Waals surface area contributed by atoms with Gasteiger partial charge in [-0.25, -0.2) is 0 Å². The van der Waals surface area contributed by atoms with Gasteiger partial charge >= 0.3 is 0 Å². The first-order valence-electron chi connectivity index (χ1n) is 10.1. The molecule has 2 aromatic carbocycles. The number of pyridine rings is 1. The fraction of sp³-hybridized carbons (Fsp3) is 0.333. The second-order valence-corrected chi connectivity index (χ2v) is 8.00. The number of nitrogens with zero attached hydrogens (tertiary/aromatic N) is 2. The Morgan fingerprint density at radius 1 is 1.07 bits per heavy atom. The Morgan fingerprint density at radius 2 is 1.89 bits per heavy atom. The lowest BCUT2D eigenvalue weighted by Gasteiger charge is -2.35. The van der Waals surface area contributed by atoms with Gasteiger partial charge in [0, 0.05) is 24.5 Å². The van der Waals surface area contributed by atoms with Crippen LogP contribution in [0.15, 0.2) is 54.9 Å². The summed E-state index contributed by atoms with van der Waals surface area (Å²) in [6.07, 6.45) is 7.81. The van der Waals surface area contributed by atoms with Crippen molar-refractivity contribution in [2.75, 3.05) is 0 Å². The highest BCUT2D eigenvalue weighted by Crippen LogP contribution is 2.37. The van der Waals surface area contributed by atoms with Crippen LogP contribution in [0.4, 0.5) is 0 Å². The average Bonchev–Trinajstić information content (AvgIpc) is 3.06. The molecule has 2 unspecified atom stereocenters. The van der Waals surface area contributed by atoms with Crippen LogP contribution in [0.1, 0.15) is 52.7 Å². The van der Waals surface area contributed by atoms with Crippen LogP contribution in [0.3, 0.4) is 0 Å². The van der Waals surface area contributed by atoms with Crippen LogP contribution >= 0.6 is 0 Å². The molecule has 2 aliphatic rings. The summed E-state index contributed by atoms with van der Waals surface area (Å²) in [5, 5.41) is 12.8. The van der Waals surface area contributed by atoms with Gasteiger partial charge in [-0.3, -0.25) is 9.78 Å². The molecule has 1 amide bonds. The molecule has 5 rings (SSSR count). The molecule has 2 atom stereocenters. The molecule has 0 saturated heterocycles. The zero-order chi connectivity index (χ0) is 19.1. The molecule has 1 saturated carbocycles. The summed E-state index contributed by atoms with van der Waals surface area (Å²) in [5.41, 5.74) is 4.20. The Kier molecular flexibility index (Phi) is 4.36. The second-order valence-electron chi connectivity index (χ2n) is 8.00. The molecule has 142 valence electrons. The number of rotatable bonds is 3. The van der Waals surface area contributed by atoms with E-state index in [4.69, 9.17) is 0 Å². The van der Waals surface area contributed by atoms with Crippen LogP contribution in [0.2, 0.25) is 0 Å². The Morgan fingerprint density at radius 3 is 2.68 bits per heavy atom. The van der Waals surface area contributed by atoms with Gasteiger partial charge in [0.15, 0.2) is 0 Å². The zero-order valence-corrected chi connectivity index (χ0v) is 15.8. The van der Waals surface area contributed by atoms with Crippen molar-refractivity contribution in [3.8, 4) is 0 Å². The molecule has 3 aromatic rings. The highest BCUT2D eigenvalue weighted by molar-refractivity contribution is 6.05. The summed E-state index contributed by atoms with van der Waals surface area (Å²) in [6, 6.07) is 14.4. The Hall–Kier alpha value is -2.72. The summed E-state index contributed by atoms with van der Waals surface area (Å²) >= 11 is 0. The first-order chi connectivity index (χ1) is 13.7. The summed E-state index contributed by atoms with van der Waals surface area (Å²) in [7, 11) is 0. The fourth-order valence-electron chi connectivity index (χ4n) is 4.86. The maximum Gasteiger partial charge on any atom is 0.254 e. The molecule has 0 spiro atoms. The summed E-state index contributed by atoms with van der Waals surface area (Å²) in [6.45, 7) is 0.601. The number of hydrogen-bond acceptors (Lipinski definition) is 3. The molecule has 1 aliphatic heterocycles. The van der Waals surface area contributed by atoms with Gasteiger partial charge in [0.1, 0.15) is 0 Å². The molecule has 2 heterocycles. The lowest BCUT2D eigenvalue weighted by atomic mass is 9.91. The highest BCUT2D eigenvalue weighted by Gasteiger charge is 2.38. The summed E-state index contributed by atoms with van der Waals surface area (Å²) in [5.74, 6) is 0.0686. The van der Waals surface area contributed by atoms with Gasteiger partial charge in [-0.1, -0.05) is 43.2 Å². The fourth-order valence-corrected chi connectivity index (χ4v) is 4.86. The minimum Gasteiger partial charge on any atom is -0.391 e. The molecule has 1 aliphatic carbocycles. The molecule has 1 fully saturated rings. The van der Waals surface area contributed by atoms with Crippen molar-refractivity contribution in [3.63, 3.8) is 0 Å². The van der Waals surface area contributed by atoms with E-state index in [0.717, 1.165) is 59.7 Å². The summed E-state index contributed by atoms with van der Waals surface area (Å²) in [4.78, 5) is 19.4. The molecule has 1 N–H and O–H groups in total. The topological polar surface area (TPSA) is 53.4 Å². The number of aliphatic hydroxyl groups excluding tert-OH is 1. The number of aromatic nitrogens is 1. The van der Waals surface area contributed by atoms with Crippen molar-refractivity contribution in [2.24, 2.45) is 0 Å². The van der Waals surface area contributed by atoms with Crippen molar-refractivity contribution in [1.82, 2.24) is 9.88 Å². The molecule has 0 radical (unpaired) electrons. The molecule has 4 heteroatoms. The number of benzene rings is 2. The van der Waals surface area contributed by atoms with E-state index in [1.165, 1.54) is 5.39 Å². The molecular formula is C24H24N2O2. The number of aliphatic hydroxyl groups is 1. The van der Waals surface area contributed by atoms with Crippen molar-refractivity contribution >= 4 is 16.7 Å². The van der Waals surface area contributed by atoms with Crippen molar-refractivity contribution in [1.29, 1.82) is 0 Å². The van der Waals surface area contributed by atoms with Gasteiger partial charge in [-0.15, -0.1) is 0 Å². The number of amides is 1. The Balaban J connectivity index is 1.58. The van der Waals surface area contributed by atoms with Crippen LogP contribution in [-0.4, -0.2) is 33.0 Å². The van der Waals surface area contributed by atoms with Crippen molar-refractivity contribution in [3.05, 3.63) is 77.1 Å². The standard InChI is InChI=1S/C24H24N2O2/c27-23-10-4-3-9-22(23)26-15-21-19-8-2-1-7-18(19)17(13-20(21)24(26)28)12-16-6-5-11-25-14-16/h1-2,5-8,11,13-14,22-23,27H,3-4,9-10,12,15H2. The predicted molar refractivity (Wildman–Crippen MR) is 109 cm³/mol. The van der Waals surface area contributed by atoms with Gasteiger partial charge in [0.25, 0.3) is 5.91 Å². The number of hydrogen-bond donors (Lipinski definition) is 1. The first kappa shape index (κ1) is 17.4. The van der Waals surface area contributed by atoms with E-state index in [-0.39, 0.29) is 11.9 Å². The zero-order valence-electron chi connectivity index (χ0n) is 15.8. The Labute approximate surface area is 164 Å². The van der Waals surface area contributed by atoms with Gasteiger partial charge in [-0.05, 0) is 58.9 Å². The number of fused-ring (bicyclic) bond motifs is 3. The lowest BCUT2D eigenvalue weighted by molar-refractivity contribution is 0.0192. The van der Waals surface area contributed by atoms with E-state index in [1.807, 2.05) is 23.2 Å². The van der Waals surface area contributed by atoms with E-state index < -0.39 is 6.10 Å². The number of carbonyl (C=O) groups is 1. The molecular weight excluding hydrogens is 348 g/mol. The third kappa shape index (κ3) is 2.89. The van der Waals surface area contributed by atoms with Crippen LogP contribution in [0, 0.1) is 0 Å². The molecule has 0 bridgehead atoms. The van der Waals surface area contributed by atoms with Gasteiger partial charge in [0.05, 0.1) is 12.1 Å². The normalized spacial score (nSPS) is 21.9. The summed E-state index contributed by atoms with van der Waals surface area (Å²) < 4.78 is 0. The monoisotopic (exact) mass is 372 g/mol. The molecule has 1 aromatic heterocycles. The Bertz CT molecular complexity index is 1030. The highest BCUT2D eigenvalue weighted by atomic mass is 16.3. The maximum atomic E-state index is 13.3. The third-order valence-corrected chi connectivity index (χ3v) is 6.27. The lowest BCUT2D eigenvalue weighted by Crippen LogP contribution is -2.45. The first-order valence-corrected chi connectivity index (χ1v) is 10.1. The van der Waals surface area contributed by atoms with E-state index >= 15 is 0 Å². The van der Waals surface area contributed by atoms with Gasteiger partial charge < -0.3 is 10.0 Å². The second kappa shape index (κ2) is 7.02. The molecule has 28 heavy (non-hydrogen) atoms. The van der Waals surface area contributed by atoms with E-state index in [2.05, 4.69) is 35.3 Å². The van der Waals surface area contributed by atoms with E-state index in [0.29, 0.717) is 6.54 Å². The minimum absolute atomic E-state index is 0.0609. The van der Waals surface area contributed by atoms with Crippen molar-refractivity contribution < 1.29 is 9.90 Å². The van der Waals surface area contributed by atoms with Crippen molar-refractivity contribution in [2.45, 2.75) is 50.8 Å². The van der Waals surface area contributed by atoms with Gasteiger partial charge in [-0.2, -0.15) is 0 Å². The van der Waals surface area contributed by atoms with Crippen LogP contribution in [0.5, 0.6) is 0 Å². The minimum atomic E-state index is -0.409. The van der Waals surface area contributed by atoms with E-state index in [9.17, 15) is 9.90 Å². The molecule has 4 nitrogen and oxygen atoms in total. The van der Waals surface area contributed by atoms with E-state index in [1.54, 1.807) is 6.20 Å². The smallest absolute Gasteiger partial charge is 0.254 e. The van der Waals surface area contributed by atoms with Gasteiger partial charge in [0.2, 0.25) is 0 Å².